The molecule has 7 heteroatoms. The Morgan fingerprint density at radius 2 is 1.68 bits per heavy atom. The van der Waals surface area contributed by atoms with Crippen LogP contribution in [0.3, 0.4) is 0 Å². The minimum absolute atomic E-state index is 0.00355. The van der Waals surface area contributed by atoms with Gasteiger partial charge in [-0.1, -0.05) is 26.0 Å². The van der Waals surface area contributed by atoms with Gasteiger partial charge in [-0.3, -0.25) is 14.4 Å². The summed E-state index contributed by atoms with van der Waals surface area (Å²) < 4.78 is 5.17. The highest BCUT2D eigenvalue weighted by Crippen LogP contribution is 2.32. The number of nitrogens with zero attached hydrogens (tertiary/aromatic N) is 1. The Kier molecular flexibility index (Phi) is 11.1. The summed E-state index contributed by atoms with van der Waals surface area (Å²) in [6.07, 6.45) is 2.44. The Balaban J connectivity index is 0.000000336. The summed E-state index contributed by atoms with van der Waals surface area (Å²) in [4.78, 5) is 38.5. The Hall–Kier alpha value is -3.87. The number of hydrogen-bond donors (Lipinski definition) is 2. The van der Waals surface area contributed by atoms with Gasteiger partial charge in [-0.15, -0.1) is 0 Å². The van der Waals surface area contributed by atoms with Crippen LogP contribution in [0, 0.1) is 0 Å². The van der Waals surface area contributed by atoms with Crippen molar-refractivity contribution in [2.24, 2.45) is 0 Å². The number of benzene rings is 2. The third-order valence-electron chi connectivity index (χ3n) is 6.10. The van der Waals surface area contributed by atoms with Crippen molar-refractivity contribution in [2.45, 2.75) is 59.9 Å². The molecule has 1 aliphatic rings. The second kappa shape index (κ2) is 14.0. The molecular weight excluding hydrogens is 466 g/mol. The fourth-order valence-electron chi connectivity index (χ4n) is 3.97. The monoisotopic (exact) mass is 505 g/mol. The number of hydrogen-bond acceptors (Lipinski definition) is 5. The maximum atomic E-state index is 12.6. The molecule has 7 nitrogen and oxygen atoms in total. The van der Waals surface area contributed by atoms with E-state index < -0.39 is 0 Å². The van der Waals surface area contributed by atoms with Crippen molar-refractivity contribution in [2.75, 3.05) is 23.9 Å². The lowest BCUT2D eigenvalue weighted by Crippen LogP contribution is -2.28. The summed E-state index contributed by atoms with van der Waals surface area (Å²) in [6.45, 7) is 12.8. The zero-order valence-electron chi connectivity index (χ0n) is 22.9. The maximum absolute atomic E-state index is 12.6. The predicted octanol–water partition coefficient (Wildman–Crippen LogP) is 5.81. The summed E-state index contributed by atoms with van der Waals surface area (Å²) >= 11 is 0. The van der Waals surface area contributed by atoms with E-state index in [0.29, 0.717) is 11.6 Å². The van der Waals surface area contributed by atoms with Crippen molar-refractivity contribution < 1.29 is 14.3 Å². The van der Waals surface area contributed by atoms with Crippen molar-refractivity contribution in [1.29, 1.82) is 0 Å². The number of ketones is 1. The van der Waals surface area contributed by atoms with E-state index in [1.54, 1.807) is 7.11 Å². The van der Waals surface area contributed by atoms with Crippen molar-refractivity contribution in [3.05, 3.63) is 87.8 Å². The molecule has 1 aliphatic heterocycles. The Morgan fingerprint density at radius 3 is 2.22 bits per heavy atom. The molecule has 0 bridgehead atoms. The molecule has 0 fully saturated rings. The molecule has 0 saturated heterocycles. The van der Waals surface area contributed by atoms with Crippen LogP contribution in [-0.4, -0.2) is 36.4 Å². The molecule has 2 heterocycles. The molecule has 0 spiro atoms. The molecule has 4 rings (SSSR count). The van der Waals surface area contributed by atoms with Gasteiger partial charge in [0.25, 0.3) is 0 Å². The Morgan fingerprint density at radius 1 is 1.00 bits per heavy atom. The number of H-pyrrole nitrogens is 1. The van der Waals surface area contributed by atoms with Gasteiger partial charge in [-0.25, -0.2) is 0 Å². The number of ether oxygens (including phenoxy) is 1. The van der Waals surface area contributed by atoms with Gasteiger partial charge in [-0.2, -0.15) is 0 Å². The molecule has 37 heavy (non-hydrogen) atoms. The SMILES string of the molecule is CC.CC(=O)c1ccc(=O)[nH]c1.COc1ccc(C(C)C(=O)Nc2ccc3c(c2)CCN3C(C)C)cc1. The largest absolute Gasteiger partial charge is 0.497 e. The molecule has 3 aromatic rings. The molecule has 1 unspecified atom stereocenters. The molecular formula is C30H39N3O4. The van der Waals surface area contributed by atoms with E-state index in [0.717, 1.165) is 30.0 Å². The second-order valence-electron chi connectivity index (χ2n) is 8.86. The molecule has 2 N–H and O–H groups in total. The minimum atomic E-state index is -0.216. The molecule has 0 aliphatic carbocycles. The predicted molar refractivity (Wildman–Crippen MR) is 151 cm³/mol. The first-order chi connectivity index (χ1) is 17.7. The number of Topliss-reactive ketones (excluding diaryl/α,β-unsaturated/α-hetero) is 1. The van der Waals surface area contributed by atoms with Crippen LogP contribution in [0.4, 0.5) is 11.4 Å². The minimum Gasteiger partial charge on any atom is -0.497 e. The summed E-state index contributed by atoms with van der Waals surface area (Å²) in [6, 6.07) is 17.2. The van der Waals surface area contributed by atoms with Crippen molar-refractivity contribution in [3.63, 3.8) is 0 Å². The average Bonchev–Trinajstić information content (AvgIpc) is 3.34. The van der Waals surface area contributed by atoms with Crippen LogP contribution in [0.15, 0.2) is 65.6 Å². The molecule has 1 amide bonds. The van der Waals surface area contributed by atoms with E-state index in [9.17, 15) is 14.4 Å². The number of amides is 1. The van der Waals surface area contributed by atoms with E-state index in [2.05, 4.69) is 41.2 Å². The number of fused-ring (bicyclic) bond motifs is 1. The highest BCUT2D eigenvalue weighted by molar-refractivity contribution is 5.96. The lowest BCUT2D eigenvalue weighted by molar-refractivity contribution is -0.117. The molecule has 1 atom stereocenters. The van der Waals surface area contributed by atoms with E-state index >= 15 is 0 Å². The van der Waals surface area contributed by atoms with Crippen LogP contribution in [-0.2, 0) is 11.2 Å². The number of aromatic nitrogens is 1. The van der Waals surface area contributed by atoms with E-state index in [1.165, 1.54) is 36.5 Å². The quantitative estimate of drug-likeness (QED) is 0.413. The highest BCUT2D eigenvalue weighted by Gasteiger charge is 2.22. The van der Waals surface area contributed by atoms with Gasteiger partial charge in [0, 0.05) is 41.8 Å². The number of methoxy groups -OCH3 is 1. The number of aromatic amines is 1. The van der Waals surface area contributed by atoms with E-state index in [-0.39, 0.29) is 23.2 Å². The second-order valence-corrected chi connectivity index (χ2v) is 8.86. The third kappa shape index (κ3) is 8.07. The number of anilines is 2. The van der Waals surface area contributed by atoms with E-state index in [1.807, 2.05) is 51.1 Å². The smallest absolute Gasteiger partial charge is 0.247 e. The first-order valence-electron chi connectivity index (χ1n) is 12.7. The van der Waals surface area contributed by atoms with Crippen LogP contribution in [0.25, 0.3) is 0 Å². The highest BCUT2D eigenvalue weighted by atomic mass is 16.5. The van der Waals surface area contributed by atoms with Gasteiger partial charge in [0.05, 0.1) is 13.0 Å². The number of nitrogens with one attached hydrogen (secondary N) is 2. The number of pyridine rings is 1. The first kappa shape index (κ1) is 29.4. The Labute approximate surface area is 219 Å². The summed E-state index contributed by atoms with van der Waals surface area (Å²) in [5.41, 5.74) is 4.78. The summed E-state index contributed by atoms with van der Waals surface area (Å²) in [5.74, 6) is 0.538. The molecule has 0 radical (unpaired) electrons. The van der Waals surface area contributed by atoms with Gasteiger partial charge >= 0.3 is 0 Å². The van der Waals surface area contributed by atoms with Crippen LogP contribution in [0.1, 0.15) is 68.9 Å². The zero-order chi connectivity index (χ0) is 27.5. The first-order valence-corrected chi connectivity index (χ1v) is 12.7. The lowest BCUT2D eigenvalue weighted by atomic mass is 10.00. The molecule has 198 valence electrons. The summed E-state index contributed by atoms with van der Waals surface area (Å²) in [5, 5.41) is 3.05. The number of carbonyl (C=O) groups excluding carboxylic acids is 2. The topological polar surface area (TPSA) is 91.5 Å². The fourth-order valence-corrected chi connectivity index (χ4v) is 3.97. The summed E-state index contributed by atoms with van der Waals surface area (Å²) in [7, 11) is 1.64. The fraction of sp³-hybridized carbons (Fsp3) is 0.367. The Bertz CT molecular complexity index is 1210. The van der Waals surface area contributed by atoms with Crippen LogP contribution in [0.2, 0.25) is 0 Å². The van der Waals surface area contributed by atoms with Gasteiger partial charge in [0.2, 0.25) is 11.5 Å². The third-order valence-corrected chi connectivity index (χ3v) is 6.10. The molecule has 0 saturated carbocycles. The normalized spacial score (nSPS) is 12.4. The molecule has 2 aromatic carbocycles. The van der Waals surface area contributed by atoms with Crippen LogP contribution < -0.4 is 20.5 Å². The number of carbonyl (C=O) groups is 2. The van der Waals surface area contributed by atoms with Crippen LogP contribution in [0.5, 0.6) is 5.75 Å². The van der Waals surface area contributed by atoms with Gasteiger partial charge < -0.3 is 19.9 Å². The average molecular weight is 506 g/mol. The lowest BCUT2D eigenvalue weighted by Gasteiger charge is -2.24. The van der Waals surface area contributed by atoms with Gasteiger partial charge in [0.15, 0.2) is 5.78 Å². The van der Waals surface area contributed by atoms with Crippen LogP contribution >= 0.6 is 0 Å². The standard InChI is InChI=1S/C21H26N2O2.C7H7NO2.C2H6/c1-14(2)23-12-11-17-13-18(7-10-20(17)23)22-21(24)15(3)16-5-8-19(25-4)9-6-16;1-5(9)6-2-3-7(10)8-4-6;1-2/h5-10,13-15H,11-12H2,1-4H3,(H,22,24);2-4H,1H3,(H,8,10);1-2H3. The van der Waals surface area contributed by atoms with Crippen molar-refractivity contribution in [3.8, 4) is 5.75 Å². The molecule has 1 aromatic heterocycles. The van der Waals surface area contributed by atoms with Gasteiger partial charge in [0.1, 0.15) is 5.75 Å². The van der Waals surface area contributed by atoms with E-state index in [4.69, 9.17) is 4.74 Å². The zero-order valence-corrected chi connectivity index (χ0v) is 22.9. The van der Waals surface area contributed by atoms with Crippen molar-refractivity contribution in [1.82, 2.24) is 4.98 Å². The van der Waals surface area contributed by atoms with Crippen molar-refractivity contribution >= 4 is 23.1 Å². The number of rotatable bonds is 6. The maximum Gasteiger partial charge on any atom is 0.247 e. The van der Waals surface area contributed by atoms with Gasteiger partial charge in [-0.05, 0) is 81.6 Å².